The molecule has 1 N–H and O–H groups in total. The Bertz CT molecular complexity index is 160. The lowest BCUT2D eigenvalue weighted by Crippen LogP contribution is -1.85. The van der Waals surface area contributed by atoms with Crippen molar-refractivity contribution in [2.75, 3.05) is 5.88 Å². The van der Waals surface area contributed by atoms with Crippen LogP contribution in [0.3, 0.4) is 0 Å². The van der Waals surface area contributed by atoms with Gasteiger partial charge in [-0.3, -0.25) is 5.10 Å². The largest absolute Gasteiger partial charge is 0.283 e. The van der Waals surface area contributed by atoms with Crippen molar-refractivity contribution in [3.05, 3.63) is 18.0 Å². The van der Waals surface area contributed by atoms with E-state index in [1.807, 2.05) is 6.07 Å². The number of rotatable bonds is 4. The molecule has 0 aromatic carbocycles. The van der Waals surface area contributed by atoms with Crippen molar-refractivity contribution in [2.24, 2.45) is 0 Å². The van der Waals surface area contributed by atoms with Gasteiger partial charge in [0.15, 0.2) is 0 Å². The van der Waals surface area contributed by atoms with Crippen molar-refractivity contribution in [3.63, 3.8) is 0 Å². The molecule has 0 unspecified atom stereocenters. The van der Waals surface area contributed by atoms with E-state index in [1.165, 1.54) is 5.69 Å². The molecule has 56 valence electrons. The Morgan fingerprint density at radius 2 is 2.40 bits per heavy atom. The summed E-state index contributed by atoms with van der Waals surface area (Å²) in [5.41, 5.74) is 1.20. The van der Waals surface area contributed by atoms with E-state index >= 15 is 0 Å². The fraction of sp³-hybridized carbons (Fsp3) is 0.571. The van der Waals surface area contributed by atoms with E-state index in [4.69, 9.17) is 11.6 Å². The van der Waals surface area contributed by atoms with Crippen LogP contribution in [0, 0.1) is 0 Å². The summed E-state index contributed by atoms with van der Waals surface area (Å²) in [7, 11) is 0. The van der Waals surface area contributed by atoms with Gasteiger partial charge in [0.2, 0.25) is 0 Å². The van der Waals surface area contributed by atoms with E-state index in [0.717, 1.165) is 25.1 Å². The van der Waals surface area contributed by atoms with Gasteiger partial charge in [-0.05, 0) is 25.3 Å². The topological polar surface area (TPSA) is 28.7 Å². The average Bonchev–Trinajstić information content (AvgIpc) is 2.41. The fourth-order valence-corrected chi connectivity index (χ4v) is 1.02. The van der Waals surface area contributed by atoms with E-state index in [9.17, 15) is 0 Å². The van der Waals surface area contributed by atoms with Crippen molar-refractivity contribution in [3.8, 4) is 0 Å². The number of aromatic amines is 1. The highest BCUT2D eigenvalue weighted by molar-refractivity contribution is 6.17. The molecular weight excluding hydrogens is 148 g/mol. The zero-order chi connectivity index (χ0) is 7.23. The average molecular weight is 159 g/mol. The maximum Gasteiger partial charge on any atom is 0.0490 e. The summed E-state index contributed by atoms with van der Waals surface area (Å²) in [4.78, 5) is 0. The Labute approximate surface area is 65.6 Å². The zero-order valence-corrected chi connectivity index (χ0v) is 6.56. The summed E-state index contributed by atoms with van der Waals surface area (Å²) in [6.07, 6.45) is 5.06. The first-order valence-corrected chi connectivity index (χ1v) is 4.01. The number of nitrogens with one attached hydrogen (secondary N) is 1. The molecule has 1 rings (SSSR count). The Morgan fingerprint density at radius 3 is 3.00 bits per heavy atom. The lowest BCUT2D eigenvalue weighted by Gasteiger charge is -1.92. The van der Waals surface area contributed by atoms with E-state index in [2.05, 4.69) is 10.2 Å². The van der Waals surface area contributed by atoms with E-state index in [0.29, 0.717) is 0 Å². The lowest BCUT2D eigenvalue weighted by atomic mass is 10.2. The van der Waals surface area contributed by atoms with Crippen LogP contribution in [0.15, 0.2) is 12.3 Å². The van der Waals surface area contributed by atoms with Crippen molar-refractivity contribution >= 4 is 11.6 Å². The fourth-order valence-electron chi connectivity index (χ4n) is 0.834. The van der Waals surface area contributed by atoms with Gasteiger partial charge in [-0.25, -0.2) is 0 Å². The molecule has 0 atom stereocenters. The van der Waals surface area contributed by atoms with Gasteiger partial charge in [0.1, 0.15) is 0 Å². The third-order valence-electron chi connectivity index (χ3n) is 1.39. The molecule has 1 heterocycles. The predicted molar refractivity (Wildman–Crippen MR) is 42.2 cm³/mol. The molecule has 0 saturated carbocycles. The number of halogens is 1. The SMILES string of the molecule is ClCCCCc1ccn[nH]1. The first kappa shape index (κ1) is 7.61. The highest BCUT2D eigenvalue weighted by atomic mass is 35.5. The minimum Gasteiger partial charge on any atom is -0.283 e. The quantitative estimate of drug-likeness (QED) is 0.527. The summed E-state index contributed by atoms with van der Waals surface area (Å²) < 4.78 is 0. The number of hydrogen-bond acceptors (Lipinski definition) is 1. The minimum absolute atomic E-state index is 0.758. The summed E-state index contributed by atoms with van der Waals surface area (Å²) in [6, 6.07) is 1.99. The lowest BCUT2D eigenvalue weighted by molar-refractivity contribution is 0.776. The predicted octanol–water partition coefficient (Wildman–Crippen LogP) is 1.97. The molecule has 0 amide bonds. The standard InChI is InChI=1S/C7H11ClN2/c8-5-2-1-3-7-4-6-9-10-7/h4,6H,1-3,5H2,(H,9,10). The van der Waals surface area contributed by atoms with Gasteiger partial charge < -0.3 is 0 Å². The number of aromatic nitrogens is 2. The molecule has 0 aliphatic rings. The van der Waals surface area contributed by atoms with E-state index in [-0.39, 0.29) is 0 Å². The van der Waals surface area contributed by atoms with Gasteiger partial charge in [-0.2, -0.15) is 5.10 Å². The number of hydrogen-bond donors (Lipinski definition) is 1. The summed E-state index contributed by atoms with van der Waals surface area (Å²) in [5.74, 6) is 0.758. The van der Waals surface area contributed by atoms with E-state index in [1.54, 1.807) is 6.20 Å². The molecule has 10 heavy (non-hydrogen) atoms. The van der Waals surface area contributed by atoms with E-state index < -0.39 is 0 Å². The van der Waals surface area contributed by atoms with Crippen LogP contribution < -0.4 is 0 Å². The number of alkyl halides is 1. The van der Waals surface area contributed by atoms with Gasteiger partial charge >= 0.3 is 0 Å². The van der Waals surface area contributed by atoms with Gasteiger partial charge in [0.25, 0.3) is 0 Å². The maximum atomic E-state index is 5.52. The second-order valence-corrected chi connectivity index (χ2v) is 2.61. The summed E-state index contributed by atoms with van der Waals surface area (Å²) in [5, 5.41) is 6.75. The number of nitrogens with zero attached hydrogens (tertiary/aromatic N) is 1. The third-order valence-corrected chi connectivity index (χ3v) is 1.66. The number of unbranched alkanes of at least 4 members (excludes halogenated alkanes) is 1. The molecular formula is C7H11ClN2. The van der Waals surface area contributed by atoms with Crippen LogP contribution in [0.2, 0.25) is 0 Å². The number of H-pyrrole nitrogens is 1. The molecule has 0 bridgehead atoms. The summed E-state index contributed by atoms with van der Waals surface area (Å²) >= 11 is 5.52. The zero-order valence-electron chi connectivity index (χ0n) is 5.81. The summed E-state index contributed by atoms with van der Waals surface area (Å²) in [6.45, 7) is 0. The highest BCUT2D eigenvalue weighted by Crippen LogP contribution is 2.00. The molecule has 0 fully saturated rings. The van der Waals surface area contributed by atoms with Crippen molar-refractivity contribution in [2.45, 2.75) is 19.3 Å². The molecule has 0 aliphatic carbocycles. The van der Waals surface area contributed by atoms with Crippen LogP contribution in [0.25, 0.3) is 0 Å². The molecule has 2 nitrogen and oxygen atoms in total. The molecule has 1 aromatic heterocycles. The molecule has 0 saturated heterocycles. The number of aryl methyl sites for hydroxylation is 1. The smallest absolute Gasteiger partial charge is 0.0490 e. The first-order valence-electron chi connectivity index (χ1n) is 3.47. The van der Waals surface area contributed by atoms with Crippen molar-refractivity contribution in [1.29, 1.82) is 0 Å². The highest BCUT2D eigenvalue weighted by Gasteiger charge is 1.91. The molecule has 0 aliphatic heterocycles. The molecule has 1 aromatic rings. The second-order valence-electron chi connectivity index (χ2n) is 2.23. The molecule has 0 spiro atoms. The van der Waals surface area contributed by atoms with Gasteiger partial charge in [-0.15, -0.1) is 11.6 Å². The second kappa shape index (κ2) is 4.34. The van der Waals surface area contributed by atoms with Crippen LogP contribution in [-0.4, -0.2) is 16.1 Å². The van der Waals surface area contributed by atoms with Crippen LogP contribution in [-0.2, 0) is 6.42 Å². The first-order chi connectivity index (χ1) is 4.93. The Kier molecular flexibility index (Phi) is 3.30. The Morgan fingerprint density at radius 1 is 1.50 bits per heavy atom. The molecule has 3 heteroatoms. The van der Waals surface area contributed by atoms with Gasteiger partial charge in [0, 0.05) is 17.8 Å². The minimum atomic E-state index is 0.758. The van der Waals surface area contributed by atoms with Crippen LogP contribution in [0.5, 0.6) is 0 Å². The van der Waals surface area contributed by atoms with Gasteiger partial charge in [-0.1, -0.05) is 0 Å². The Balaban J connectivity index is 2.15. The van der Waals surface area contributed by atoms with Crippen LogP contribution in [0.4, 0.5) is 0 Å². The van der Waals surface area contributed by atoms with Crippen molar-refractivity contribution < 1.29 is 0 Å². The van der Waals surface area contributed by atoms with Crippen LogP contribution in [0.1, 0.15) is 18.5 Å². The monoisotopic (exact) mass is 158 g/mol. The van der Waals surface area contributed by atoms with Crippen molar-refractivity contribution in [1.82, 2.24) is 10.2 Å². The normalized spacial score (nSPS) is 10.1. The molecule has 0 radical (unpaired) electrons. The van der Waals surface area contributed by atoms with Gasteiger partial charge in [0.05, 0.1) is 0 Å². The third kappa shape index (κ3) is 2.40. The maximum absolute atomic E-state index is 5.52. The Hall–Kier alpha value is -0.500. The van der Waals surface area contributed by atoms with Crippen LogP contribution >= 0.6 is 11.6 Å².